The molecule has 14 heavy (non-hydrogen) atoms. The molecule has 2 rings (SSSR count). The zero-order valence-electron chi connectivity index (χ0n) is 8.83. The molecule has 2 aromatic heterocycles. The predicted octanol–water partition coefficient (Wildman–Crippen LogP) is 2.32. The molecule has 76 valence electrons. The number of nitrogens with zero attached hydrogens (tertiary/aromatic N) is 3. The van der Waals surface area contributed by atoms with Crippen LogP contribution in [-0.4, -0.2) is 19.3 Å². The van der Waals surface area contributed by atoms with Crippen molar-refractivity contribution in [2.24, 2.45) is 7.05 Å². The normalized spacial score (nSPS) is 11.8. The highest BCUT2D eigenvalue weighted by molar-refractivity contribution is 7.71. The molecule has 0 fully saturated rings. The molecule has 0 aliphatic heterocycles. The van der Waals surface area contributed by atoms with Crippen molar-refractivity contribution in [3.8, 4) is 0 Å². The highest BCUT2D eigenvalue weighted by atomic mass is 32.1. The van der Waals surface area contributed by atoms with Gasteiger partial charge in [-0.3, -0.25) is 9.25 Å². The summed E-state index contributed by atoms with van der Waals surface area (Å²) in [5.74, 6) is 0. The van der Waals surface area contributed by atoms with E-state index in [1.165, 1.54) is 0 Å². The number of H-pyrrole nitrogens is 1. The number of aromatic amines is 1. The van der Waals surface area contributed by atoms with E-state index < -0.39 is 0 Å². The smallest absolute Gasteiger partial charge is 0.179 e. The summed E-state index contributed by atoms with van der Waals surface area (Å²) in [7, 11) is 1.94. The number of aromatic nitrogens is 4. The Balaban J connectivity index is 2.94. The summed E-state index contributed by atoms with van der Waals surface area (Å²) in [5, 5.41) is 4.35. The van der Waals surface area contributed by atoms with E-state index in [9.17, 15) is 0 Å². The van der Waals surface area contributed by atoms with Gasteiger partial charge in [0.2, 0.25) is 0 Å². The minimum atomic E-state index is 0.353. The van der Waals surface area contributed by atoms with Crippen LogP contribution in [0.5, 0.6) is 0 Å². The quantitative estimate of drug-likeness (QED) is 0.734. The van der Waals surface area contributed by atoms with Gasteiger partial charge in [0.1, 0.15) is 5.52 Å². The number of aryl methyl sites for hydroxylation is 2. The van der Waals surface area contributed by atoms with Crippen molar-refractivity contribution in [2.45, 2.75) is 26.8 Å². The van der Waals surface area contributed by atoms with Gasteiger partial charge >= 0.3 is 0 Å². The van der Waals surface area contributed by atoms with Gasteiger partial charge < -0.3 is 4.98 Å². The molecule has 0 aromatic carbocycles. The van der Waals surface area contributed by atoms with E-state index >= 15 is 0 Å². The fourth-order valence-corrected chi connectivity index (χ4v) is 2.21. The number of hydrogen-bond acceptors (Lipinski definition) is 2. The highest BCUT2D eigenvalue weighted by Gasteiger charge is 2.13. The predicted molar refractivity (Wildman–Crippen MR) is 59.0 cm³/mol. The molecule has 0 bridgehead atoms. The zero-order chi connectivity index (χ0) is 10.5. The largest absolute Gasteiger partial charge is 0.328 e. The van der Waals surface area contributed by atoms with Crippen LogP contribution in [0.3, 0.4) is 0 Å². The van der Waals surface area contributed by atoms with Gasteiger partial charge in [-0.25, -0.2) is 0 Å². The average Bonchev–Trinajstić information content (AvgIpc) is 2.52. The Morgan fingerprint density at radius 2 is 2.07 bits per heavy atom. The van der Waals surface area contributed by atoms with Crippen molar-refractivity contribution < 1.29 is 0 Å². The fraction of sp³-hybridized carbons (Fsp3) is 0.556. The van der Waals surface area contributed by atoms with Crippen LogP contribution >= 0.6 is 12.2 Å². The van der Waals surface area contributed by atoms with Crippen LogP contribution in [0.15, 0.2) is 0 Å². The molecule has 0 aliphatic carbocycles. The molecule has 0 spiro atoms. The first-order valence-electron chi connectivity index (χ1n) is 4.66. The lowest BCUT2D eigenvalue weighted by Crippen LogP contribution is -2.04. The van der Waals surface area contributed by atoms with Crippen molar-refractivity contribution in [3.63, 3.8) is 0 Å². The summed E-state index contributed by atoms with van der Waals surface area (Å²) in [6, 6.07) is 0.353. The summed E-state index contributed by atoms with van der Waals surface area (Å²) < 4.78 is 4.73. The summed E-state index contributed by atoms with van der Waals surface area (Å²) >= 11 is 5.27. The van der Waals surface area contributed by atoms with Gasteiger partial charge in [-0.2, -0.15) is 5.10 Å². The summed E-state index contributed by atoms with van der Waals surface area (Å²) in [6.07, 6.45) is 0. The van der Waals surface area contributed by atoms with E-state index in [-0.39, 0.29) is 0 Å². The van der Waals surface area contributed by atoms with Crippen LogP contribution < -0.4 is 0 Å². The van der Waals surface area contributed by atoms with Gasteiger partial charge in [-0.05, 0) is 33.0 Å². The second kappa shape index (κ2) is 2.95. The van der Waals surface area contributed by atoms with Crippen LogP contribution in [0.1, 0.15) is 25.6 Å². The minimum Gasteiger partial charge on any atom is -0.328 e. The monoisotopic (exact) mass is 210 g/mol. The number of fused-ring (bicyclic) bond motifs is 1. The highest BCUT2D eigenvalue weighted by Crippen LogP contribution is 2.20. The van der Waals surface area contributed by atoms with Crippen molar-refractivity contribution in [2.75, 3.05) is 0 Å². The van der Waals surface area contributed by atoms with E-state index in [0.29, 0.717) is 6.04 Å². The minimum absolute atomic E-state index is 0.353. The molecule has 4 nitrogen and oxygen atoms in total. The molecular weight excluding hydrogens is 196 g/mol. The van der Waals surface area contributed by atoms with Gasteiger partial charge in [0.15, 0.2) is 10.4 Å². The Labute approximate surface area is 87.5 Å². The molecule has 0 atom stereocenters. The molecule has 5 heteroatoms. The van der Waals surface area contributed by atoms with E-state index in [4.69, 9.17) is 12.2 Å². The van der Waals surface area contributed by atoms with Gasteiger partial charge in [-0.15, -0.1) is 0 Å². The number of hydrogen-bond donors (Lipinski definition) is 1. The molecular formula is C9H14N4S. The molecule has 1 N–H and O–H groups in total. The first-order chi connectivity index (χ1) is 6.52. The van der Waals surface area contributed by atoms with Crippen LogP contribution in [-0.2, 0) is 7.05 Å². The SMILES string of the molecule is Cc1nn(C)c2c1[nH]c(=S)n2C(C)C. The van der Waals surface area contributed by atoms with Gasteiger partial charge in [0.25, 0.3) is 0 Å². The topological polar surface area (TPSA) is 38.5 Å². The molecule has 0 saturated carbocycles. The average molecular weight is 210 g/mol. The molecule has 2 aromatic rings. The van der Waals surface area contributed by atoms with Crippen molar-refractivity contribution in [1.29, 1.82) is 0 Å². The van der Waals surface area contributed by atoms with E-state index in [1.54, 1.807) is 0 Å². The first-order valence-corrected chi connectivity index (χ1v) is 5.07. The second-order valence-electron chi connectivity index (χ2n) is 3.80. The van der Waals surface area contributed by atoms with E-state index in [0.717, 1.165) is 21.6 Å². The lowest BCUT2D eigenvalue weighted by atomic mass is 10.4. The maximum atomic E-state index is 5.27. The molecule has 0 amide bonds. The summed E-state index contributed by atoms with van der Waals surface area (Å²) in [6.45, 7) is 6.22. The van der Waals surface area contributed by atoms with Crippen LogP contribution in [0.25, 0.3) is 11.2 Å². The third kappa shape index (κ3) is 1.12. The van der Waals surface area contributed by atoms with Gasteiger partial charge in [-0.1, -0.05) is 0 Å². The summed E-state index contributed by atoms with van der Waals surface area (Å²) in [4.78, 5) is 3.19. The van der Waals surface area contributed by atoms with E-state index in [1.807, 2.05) is 18.7 Å². The number of nitrogens with one attached hydrogen (secondary N) is 1. The lowest BCUT2D eigenvalue weighted by molar-refractivity contribution is 0.588. The maximum Gasteiger partial charge on any atom is 0.179 e. The first kappa shape index (κ1) is 9.45. The number of rotatable bonds is 1. The van der Waals surface area contributed by atoms with Crippen LogP contribution in [0.2, 0.25) is 0 Å². The van der Waals surface area contributed by atoms with Gasteiger partial charge in [0.05, 0.1) is 5.69 Å². The zero-order valence-corrected chi connectivity index (χ0v) is 9.64. The Morgan fingerprint density at radius 3 is 2.64 bits per heavy atom. The second-order valence-corrected chi connectivity index (χ2v) is 4.19. The lowest BCUT2D eigenvalue weighted by Gasteiger charge is -2.07. The number of imidazole rings is 1. The Morgan fingerprint density at radius 1 is 1.43 bits per heavy atom. The Kier molecular flexibility index (Phi) is 1.99. The molecule has 2 heterocycles. The Hall–Kier alpha value is -1.10. The van der Waals surface area contributed by atoms with Crippen LogP contribution in [0.4, 0.5) is 0 Å². The third-order valence-electron chi connectivity index (χ3n) is 2.39. The Bertz CT molecular complexity index is 529. The van der Waals surface area contributed by atoms with Crippen molar-refractivity contribution >= 4 is 23.4 Å². The van der Waals surface area contributed by atoms with Crippen LogP contribution in [0, 0.1) is 11.7 Å². The van der Waals surface area contributed by atoms with Crippen molar-refractivity contribution in [3.05, 3.63) is 10.5 Å². The molecule has 0 radical (unpaired) electrons. The standard InChI is InChI=1S/C9H14N4S/c1-5(2)13-8-7(10-9(13)14)6(3)11-12(8)4/h5H,1-4H3,(H,10,14). The molecule has 0 unspecified atom stereocenters. The maximum absolute atomic E-state index is 5.27. The summed E-state index contributed by atoms with van der Waals surface area (Å²) in [5.41, 5.74) is 3.11. The molecule has 0 saturated heterocycles. The van der Waals surface area contributed by atoms with Gasteiger partial charge in [0, 0.05) is 13.1 Å². The third-order valence-corrected chi connectivity index (χ3v) is 2.69. The van der Waals surface area contributed by atoms with E-state index in [2.05, 4.69) is 28.5 Å². The van der Waals surface area contributed by atoms with Crippen molar-refractivity contribution in [1.82, 2.24) is 19.3 Å². The fourth-order valence-electron chi connectivity index (χ4n) is 1.81. The molecule has 0 aliphatic rings.